The fourth-order valence-electron chi connectivity index (χ4n) is 1.81. The summed E-state index contributed by atoms with van der Waals surface area (Å²) in [6.45, 7) is 2.90. The molecule has 1 saturated heterocycles. The summed E-state index contributed by atoms with van der Waals surface area (Å²) < 4.78 is 9.98. The van der Waals surface area contributed by atoms with Gasteiger partial charge >= 0.3 is 5.97 Å². The van der Waals surface area contributed by atoms with Crippen LogP contribution in [0.4, 0.5) is 0 Å². The van der Waals surface area contributed by atoms with E-state index in [1.807, 2.05) is 0 Å². The molecule has 2 heterocycles. The Morgan fingerprint density at radius 1 is 1.69 bits per heavy atom. The van der Waals surface area contributed by atoms with E-state index in [1.54, 1.807) is 6.92 Å². The van der Waals surface area contributed by atoms with Gasteiger partial charge in [-0.15, -0.1) is 0 Å². The molecule has 0 aromatic carbocycles. The van der Waals surface area contributed by atoms with E-state index < -0.39 is 5.97 Å². The molecule has 1 amide bonds. The Morgan fingerprint density at radius 2 is 2.50 bits per heavy atom. The SMILES string of the molecule is CCOC(=O)CN1N=C2CCOCC2C1=O. The number of carbonyl (C=O) groups excluding carboxylic acids is 2. The molecule has 2 rings (SSSR count). The van der Waals surface area contributed by atoms with Gasteiger partial charge in [0.2, 0.25) is 0 Å². The predicted molar refractivity (Wildman–Crippen MR) is 54.7 cm³/mol. The maximum Gasteiger partial charge on any atom is 0.327 e. The van der Waals surface area contributed by atoms with Gasteiger partial charge < -0.3 is 9.47 Å². The first-order valence-corrected chi connectivity index (χ1v) is 5.34. The second kappa shape index (κ2) is 4.61. The van der Waals surface area contributed by atoms with Crippen molar-refractivity contribution in [2.75, 3.05) is 26.4 Å². The normalized spacial score (nSPS) is 24.1. The highest BCUT2D eigenvalue weighted by Crippen LogP contribution is 2.21. The third-order valence-electron chi connectivity index (χ3n) is 2.58. The van der Waals surface area contributed by atoms with Crippen molar-refractivity contribution in [2.24, 2.45) is 11.0 Å². The van der Waals surface area contributed by atoms with Crippen molar-refractivity contribution in [1.29, 1.82) is 0 Å². The Labute approximate surface area is 93.2 Å². The van der Waals surface area contributed by atoms with Gasteiger partial charge in [-0.2, -0.15) is 5.10 Å². The summed E-state index contributed by atoms with van der Waals surface area (Å²) in [4.78, 5) is 23.0. The second-order valence-corrected chi connectivity index (χ2v) is 3.67. The maximum absolute atomic E-state index is 11.8. The summed E-state index contributed by atoms with van der Waals surface area (Å²) in [5.74, 6) is -0.884. The molecule has 1 fully saturated rings. The molecule has 0 aliphatic carbocycles. The first-order chi connectivity index (χ1) is 7.72. The van der Waals surface area contributed by atoms with Gasteiger partial charge in [0.1, 0.15) is 12.5 Å². The second-order valence-electron chi connectivity index (χ2n) is 3.67. The minimum Gasteiger partial charge on any atom is -0.465 e. The lowest BCUT2D eigenvalue weighted by atomic mass is 10.0. The standard InChI is InChI=1S/C10H14N2O4/c1-2-16-9(13)5-12-10(14)7-6-15-4-3-8(7)11-12/h7H,2-6H2,1H3. The smallest absolute Gasteiger partial charge is 0.327 e. The van der Waals surface area contributed by atoms with E-state index in [9.17, 15) is 9.59 Å². The number of fused-ring (bicyclic) bond motifs is 1. The lowest BCUT2D eigenvalue weighted by Gasteiger charge is -2.17. The number of rotatable bonds is 3. The predicted octanol–water partition coefficient (Wildman–Crippen LogP) is -0.216. The lowest BCUT2D eigenvalue weighted by Crippen LogP contribution is -2.36. The van der Waals surface area contributed by atoms with Crippen molar-refractivity contribution in [3.8, 4) is 0 Å². The molecule has 2 aliphatic heterocycles. The molecule has 16 heavy (non-hydrogen) atoms. The first kappa shape index (κ1) is 11.1. The summed E-state index contributed by atoms with van der Waals surface area (Å²) in [6, 6.07) is 0. The molecular weight excluding hydrogens is 212 g/mol. The third-order valence-corrected chi connectivity index (χ3v) is 2.58. The van der Waals surface area contributed by atoms with Crippen LogP contribution in [-0.2, 0) is 19.1 Å². The summed E-state index contributed by atoms with van der Waals surface area (Å²) >= 11 is 0. The number of hydrogen-bond donors (Lipinski definition) is 0. The monoisotopic (exact) mass is 226 g/mol. The van der Waals surface area contributed by atoms with Gasteiger partial charge in [0, 0.05) is 6.42 Å². The maximum atomic E-state index is 11.8. The minimum atomic E-state index is -0.431. The number of amides is 1. The van der Waals surface area contributed by atoms with Gasteiger partial charge in [0.15, 0.2) is 0 Å². The van der Waals surface area contributed by atoms with Gasteiger partial charge in [-0.25, -0.2) is 5.01 Å². The average molecular weight is 226 g/mol. The fraction of sp³-hybridized carbons (Fsp3) is 0.700. The van der Waals surface area contributed by atoms with E-state index in [-0.39, 0.29) is 18.4 Å². The molecule has 6 nitrogen and oxygen atoms in total. The molecule has 2 aliphatic rings. The molecule has 88 valence electrons. The molecule has 0 aromatic heterocycles. The zero-order valence-corrected chi connectivity index (χ0v) is 9.14. The van der Waals surface area contributed by atoms with E-state index in [2.05, 4.69) is 5.10 Å². The van der Waals surface area contributed by atoms with Gasteiger partial charge in [-0.3, -0.25) is 9.59 Å². The first-order valence-electron chi connectivity index (χ1n) is 5.34. The summed E-state index contributed by atoms with van der Waals surface area (Å²) in [6.07, 6.45) is 0.662. The Bertz CT molecular complexity index is 340. The Balaban J connectivity index is 1.99. The Hall–Kier alpha value is -1.43. The van der Waals surface area contributed by atoms with Crippen molar-refractivity contribution in [3.05, 3.63) is 0 Å². The van der Waals surface area contributed by atoms with E-state index >= 15 is 0 Å². The van der Waals surface area contributed by atoms with Crippen LogP contribution >= 0.6 is 0 Å². The molecule has 0 aromatic rings. The zero-order valence-electron chi connectivity index (χ0n) is 9.14. The van der Waals surface area contributed by atoms with Crippen LogP contribution < -0.4 is 0 Å². The molecule has 0 N–H and O–H groups in total. The van der Waals surface area contributed by atoms with Gasteiger partial charge in [0.05, 0.1) is 25.5 Å². The van der Waals surface area contributed by atoms with Crippen LogP contribution in [0.2, 0.25) is 0 Å². The van der Waals surface area contributed by atoms with Crippen molar-refractivity contribution in [1.82, 2.24) is 5.01 Å². The molecule has 6 heteroatoms. The van der Waals surface area contributed by atoms with E-state index in [0.717, 1.165) is 5.71 Å². The van der Waals surface area contributed by atoms with Gasteiger partial charge in [-0.1, -0.05) is 0 Å². The number of carbonyl (C=O) groups is 2. The van der Waals surface area contributed by atoms with Crippen LogP contribution in [0.15, 0.2) is 5.10 Å². The molecule has 0 bridgehead atoms. The quantitative estimate of drug-likeness (QED) is 0.624. The topological polar surface area (TPSA) is 68.2 Å². The minimum absolute atomic E-state index is 0.104. The van der Waals surface area contributed by atoms with E-state index in [4.69, 9.17) is 9.47 Å². The molecule has 1 atom stereocenters. The van der Waals surface area contributed by atoms with Gasteiger partial charge in [0.25, 0.3) is 5.91 Å². The van der Waals surface area contributed by atoms with Crippen molar-refractivity contribution >= 4 is 17.6 Å². The van der Waals surface area contributed by atoms with Gasteiger partial charge in [-0.05, 0) is 6.92 Å². The largest absolute Gasteiger partial charge is 0.465 e. The third kappa shape index (κ3) is 2.06. The fourth-order valence-corrected chi connectivity index (χ4v) is 1.81. The number of hydrogen-bond acceptors (Lipinski definition) is 5. The van der Waals surface area contributed by atoms with Crippen LogP contribution in [0.25, 0.3) is 0 Å². The summed E-state index contributed by atoms with van der Waals surface area (Å²) in [5, 5.41) is 5.32. The van der Waals surface area contributed by atoms with Crippen LogP contribution in [0.5, 0.6) is 0 Å². The average Bonchev–Trinajstić information content (AvgIpc) is 2.57. The van der Waals surface area contributed by atoms with Crippen LogP contribution in [0.1, 0.15) is 13.3 Å². The van der Waals surface area contributed by atoms with Crippen molar-refractivity contribution in [3.63, 3.8) is 0 Å². The van der Waals surface area contributed by atoms with E-state index in [0.29, 0.717) is 26.2 Å². The Kier molecular flexibility index (Phi) is 3.19. The van der Waals surface area contributed by atoms with E-state index in [1.165, 1.54) is 5.01 Å². The van der Waals surface area contributed by atoms with Crippen molar-refractivity contribution < 1.29 is 19.1 Å². The lowest BCUT2D eigenvalue weighted by molar-refractivity contribution is -0.149. The van der Waals surface area contributed by atoms with Crippen LogP contribution in [0, 0.1) is 5.92 Å². The molecular formula is C10H14N2O4. The summed E-state index contributed by atoms with van der Waals surface area (Å²) in [7, 11) is 0. The number of nitrogens with zero attached hydrogens (tertiary/aromatic N) is 2. The molecule has 0 saturated carbocycles. The van der Waals surface area contributed by atoms with Crippen molar-refractivity contribution in [2.45, 2.75) is 13.3 Å². The highest BCUT2D eigenvalue weighted by atomic mass is 16.5. The molecule has 1 unspecified atom stereocenters. The highest BCUT2D eigenvalue weighted by molar-refractivity contribution is 6.09. The highest BCUT2D eigenvalue weighted by Gasteiger charge is 2.38. The zero-order chi connectivity index (χ0) is 11.5. The summed E-state index contributed by atoms with van der Waals surface area (Å²) in [5.41, 5.74) is 0.820. The number of hydrazone groups is 1. The van der Waals surface area contributed by atoms with Crippen LogP contribution in [-0.4, -0.2) is 49.0 Å². The molecule has 0 radical (unpaired) electrons. The number of esters is 1. The number of ether oxygens (including phenoxy) is 2. The van der Waals surface area contributed by atoms with Crippen LogP contribution in [0.3, 0.4) is 0 Å². The Morgan fingerprint density at radius 3 is 3.19 bits per heavy atom. The molecule has 0 spiro atoms.